The normalized spacial score (nSPS) is 10.6. The smallest absolute Gasteiger partial charge is 0.174 e. The molecule has 0 aliphatic heterocycles. The van der Waals surface area contributed by atoms with Crippen LogP contribution in [0.2, 0.25) is 10.0 Å². The second kappa shape index (κ2) is 8.03. The molecule has 7 heteroatoms. The number of rotatable bonds is 5. The number of hydrogen-bond donors (Lipinski definition) is 1. The van der Waals surface area contributed by atoms with Gasteiger partial charge in [0.25, 0.3) is 0 Å². The highest BCUT2D eigenvalue weighted by molar-refractivity contribution is 7.80. The van der Waals surface area contributed by atoms with Crippen molar-refractivity contribution in [3.05, 3.63) is 74.8 Å². The van der Waals surface area contributed by atoms with E-state index in [1.165, 1.54) is 4.88 Å². The lowest BCUT2D eigenvalue weighted by Crippen LogP contribution is -2.33. The van der Waals surface area contributed by atoms with Crippen LogP contribution >= 0.6 is 46.8 Å². The molecule has 3 aromatic rings. The molecule has 0 amide bonds. The predicted molar refractivity (Wildman–Crippen MR) is 105 cm³/mol. The summed E-state index contributed by atoms with van der Waals surface area (Å²) in [5, 5.41) is 6.86. The van der Waals surface area contributed by atoms with E-state index < -0.39 is 0 Å². The van der Waals surface area contributed by atoms with Gasteiger partial charge in [-0.1, -0.05) is 29.3 Å². The first-order valence-electron chi connectivity index (χ1n) is 7.17. The van der Waals surface area contributed by atoms with Crippen LogP contribution in [0, 0.1) is 0 Å². The standard InChI is InChI=1S/C17H14Cl2N2OS2/c18-15-6-5-12(9-16(15)19)20-17(23)21(10-13-3-1-7-22-13)11-14-4-2-8-24-14/h1-9H,10-11H2,(H,20,23). The molecule has 1 aromatic carbocycles. The van der Waals surface area contributed by atoms with Crippen molar-refractivity contribution in [1.29, 1.82) is 0 Å². The van der Waals surface area contributed by atoms with Crippen molar-refractivity contribution in [2.45, 2.75) is 13.1 Å². The molecule has 0 atom stereocenters. The monoisotopic (exact) mass is 396 g/mol. The van der Waals surface area contributed by atoms with Gasteiger partial charge in [0.15, 0.2) is 5.11 Å². The summed E-state index contributed by atoms with van der Waals surface area (Å²) in [7, 11) is 0. The molecule has 3 nitrogen and oxygen atoms in total. The maximum Gasteiger partial charge on any atom is 0.174 e. The summed E-state index contributed by atoms with van der Waals surface area (Å²) in [6.07, 6.45) is 1.66. The lowest BCUT2D eigenvalue weighted by atomic mass is 10.3. The average Bonchev–Trinajstić information content (AvgIpc) is 3.24. The van der Waals surface area contributed by atoms with Gasteiger partial charge in [-0.25, -0.2) is 0 Å². The van der Waals surface area contributed by atoms with Crippen molar-refractivity contribution in [2.24, 2.45) is 0 Å². The molecule has 1 N–H and O–H groups in total. The van der Waals surface area contributed by atoms with Crippen LogP contribution in [-0.4, -0.2) is 10.0 Å². The van der Waals surface area contributed by atoms with Gasteiger partial charge in [-0.2, -0.15) is 0 Å². The zero-order valence-electron chi connectivity index (χ0n) is 12.5. The number of anilines is 1. The van der Waals surface area contributed by atoms with Crippen LogP contribution in [0.4, 0.5) is 5.69 Å². The Morgan fingerprint density at radius 2 is 2.00 bits per heavy atom. The molecule has 0 bridgehead atoms. The zero-order valence-corrected chi connectivity index (χ0v) is 15.7. The minimum Gasteiger partial charge on any atom is -0.467 e. The van der Waals surface area contributed by atoms with Crippen LogP contribution < -0.4 is 5.32 Å². The third-order valence-corrected chi connectivity index (χ3v) is 5.27. The van der Waals surface area contributed by atoms with Gasteiger partial charge in [0.05, 0.1) is 29.4 Å². The van der Waals surface area contributed by atoms with Gasteiger partial charge in [-0.3, -0.25) is 0 Å². The lowest BCUT2D eigenvalue weighted by molar-refractivity contribution is 0.362. The SMILES string of the molecule is S=C(Nc1ccc(Cl)c(Cl)c1)N(Cc1ccco1)Cc1cccs1. The largest absolute Gasteiger partial charge is 0.467 e. The molecule has 0 radical (unpaired) electrons. The zero-order chi connectivity index (χ0) is 16.9. The minimum absolute atomic E-state index is 0.486. The topological polar surface area (TPSA) is 28.4 Å². The Morgan fingerprint density at radius 1 is 1.12 bits per heavy atom. The Bertz CT molecular complexity index is 768. The van der Waals surface area contributed by atoms with Crippen molar-refractivity contribution in [1.82, 2.24) is 4.90 Å². The number of nitrogens with zero attached hydrogens (tertiary/aromatic N) is 1. The second-order valence-corrected chi connectivity index (χ2v) is 7.31. The molecule has 2 heterocycles. The van der Waals surface area contributed by atoms with Gasteiger partial charge in [-0.15, -0.1) is 11.3 Å². The van der Waals surface area contributed by atoms with Crippen molar-refractivity contribution in [2.75, 3.05) is 5.32 Å². The summed E-state index contributed by atoms with van der Waals surface area (Å²) in [5.41, 5.74) is 0.796. The number of thiophene rings is 1. The van der Waals surface area contributed by atoms with Crippen molar-refractivity contribution in [3.8, 4) is 0 Å². The van der Waals surface area contributed by atoms with Crippen LogP contribution in [0.3, 0.4) is 0 Å². The number of hydrogen-bond acceptors (Lipinski definition) is 3. The molecule has 0 spiro atoms. The van der Waals surface area contributed by atoms with Crippen LogP contribution in [0.15, 0.2) is 58.5 Å². The molecule has 0 fully saturated rings. The summed E-state index contributed by atoms with van der Waals surface area (Å²) in [4.78, 5) is 3.27. The molecule has 0 aliphatic carbocycles. The number of halogens is 2. The molecular weight excluding hydrogens is 383 g/mol. The highest BCUT2D eigenvalue weighted by atomic mass is 35.5. The molecule has 0 unspecified atom stereocenters. The van der Waals surface area contributed by atoms with E-state index in [9.17, 15) is 0 Å². The predicted octanol–water partition coefficient (Wildman–Crippen LogP) is 6.05. The fraction of sp³-hybridized carbons (Fsp3) is 0.118. The number of furan rings is 1. The van der Waals surface area contributed by atoms with Gasteiger partial charge < -0.3 is 14.6 Å². The lowest BCUT2D eigenvalue weighted by Gasteiger charge is -2.24. The van der Waals surface area contributed by atoms with Gasteiger partial charge in [0, 0.05) is 10.6 Å². The highest BCUT2D eigenvalue weighted by Gasteiger charge is 2.14. The van der Waals surface area contributed by atoms with E-state index in [2.05, 4.69) is 16.8 Å². The quantitative estimate of drug-likeness (QED) is 0.531. The Kier molecular flexibility index (Phi) is 5.79. The van der Waals surface area contributed by atoms with Crippen LogP contribution in [0.1, 0.15) is 10.6 Å². The third kappa shape index (κ3) is 4.51. The molecular formula is C17H14Cl2N2OS2. The summed E-state index contributed by atoms with van der Waals surface area (Å²) in [6, 6.07) is 13.3. The van der Waals surface area contributed by atoms with Crippen LogP contribution in [0.25, 0.3) is 0 Å². The van der Waals surface area contributed by atoms with Crippen LogP contribution in [-0.2, 0) is 13.1 Å². The Hall–Kier alpha value is -1.53. The van der Waals surface area contributed by atoms with Gasteiger partial charge in [0.2, 0.25) is 0 Å². The van der Waals surface area contributed by atoms with E-state index in [1.54, 1.807) is 29.7 Å². The van der Waals surface area contributed by atoms with E-state index in [1.807, 2.05) is 29.2 Å². The van der Waals surface area contributed by atoms with Gasteiger partial charge >= 0.3 is 0 Å². The van der Waals surface area contributed by atoms with Gasteiger partial charge in [0.1, 0.15) is 5.76 Å². The van der Waals surface area contributed by atoms with Crippen LogP contribution in [0.5, 0.6) is 0 Å². The molecule has 3 rings (SSSR count). The van der Waals surface area contributed by atoms with Crippen molar-refractivity contribution >= 4 is 57.6 Å². The van der Waals surface area contributed by atoms with E-state index in [4.69, 9.17) is 39.8 Å². The number of nitrogens with one attached hydrogen (secondary N) is 1. The first kappa shape index (κ1) is 17.3. The van der Waals surface area contributed by atoms with E-state index in [-0.39, 0.29) is 0 Å². The maximum absolute atomic E-state index is 6.06. The molecule has 24 heavy (non-hydrogen) atoms. The Morgan fingerprint density at radius 3 is 2.67 bits per heavy atom. The number of benzene rings is 1. The summed E-state index contributed by atoms with van der Waals surface area (Å²) in [6.45, 7) is 1.28. The van der Waals surface area contributed by atoms with E-state index in [0.29, 0.717) is 28.2 Å². The first-order chi connectivity index (χ1) is 11.6. The third-order valence-electron chi connectivity index (χ3n) is 3.31. The molecule has 0 saturated heterocycles. The fourth-order valence-corrected chi connectivity index (χ4v) is 3.42. The van der Waals surface area contributed by atoms with Crippen molar-refractivity contribution < 1.29 is 4.42 Å². The molecule has 2 aromatic heterocycles. The fourth-order valence-electron chi connectivity index (χ4n) is 2.16. The number of thiocarbonyl (C=S) groups is 1. The Labute approximate surface area is 159 Å². The van der Waals surface area contributed by atoms with E-state index in [0.717, 1.165) is 11.4 Å². The molecule has 0 saturated carbocycles. The summed E-state index contributed by atoms with van der Waals surface area (Å²) >= 11 is 19.3. The highest BCUT2D eigenvalue weighted by Crippen LogP contribution is 2.25. The average molecular weight is 397 g/mol. The van der Waals surface area contributed by atoms with E-state index >= 15 is 0 Å². The Balaban J connectivity index is 1.75. The maximum atomic E-state index is 6.06. The summed E-state index contributed by atoms with van der Waals surface area (Å²) < 4.78 is 5.45. The molecule has 0 aliphatic rings. The van der Waals surface area contributed by atoms with Gasteiger partial charge in [-0.05, 0) is 54.0 Å². The first-order valence-corrected chi connectivity index (χ1v) is 9.22. The van der Waals surface area contributed by atoms with Crippen molar-refractivity contribution in [3.63, 3.8) is 0 Å². The second-order valence-electron chi connectivity index (χ2n) is 5.07. The minimum atomic E-state index is 0.486. The molecule has 124 valence electrons. The summed E-state index contributed by atoms with van der Waals surface area (Å²) in [5.74, 6) is 0.852.